The Morgan fingerprint density at radius 2 is 2.15 bits per heavy atom. The maximum Gasteiger partial charge on any atom is 0.144 e. The predicted molar refractivity (Wildman–Crippen MR) is 80.8 cm³/mol. The molecule has 2 heterocycles. The first kappa shape index (κ1) is 14.8. The first-order valence-corrected chi connectivity index (χ1v) is 7.02. The van der Waals surface area contributed by atoms with Gasteiger partial charge in [-0.1, -0.05) is 0 Å². The van der Waals surface area contributed by atoms with Crippen LogP contribution in [0.2, 0.25) is 0 Å². The Hall–Kier alpha value is -1.64. The molecule has 1 aliphatic heterocycles. The Balaban J connectivity index is 2.09. The van der Waals surface area contributed by atoms with Crippen LogP contribution in [0, 0.1) is 25.2 Å². The van der Waals surface area contributed by atoms with E-state index >= 15 is 0 Å². The molecule has 0 radical (unpaired) electrons. The number of nitrogens with one attached hydrogen (secondary N) is 1. The summed E-state index contributed by atoms with van der Waals surface area (Å²) in [5.41, 5.74) is 2.58. The zero-order valence-corrected chi connectivity index (χ0v) is 12.8. The van der Waals surface area contributed by atoms with Crippen molar-refractivity contribution >= 4 is 5.82 Å². The molecule has 2 rings (SSSR count). The van der Waals surface area contributed by atoms with Crippen molar-refractivity contribution in [2.45, 2.75) is 19.9 Å². The second kappa shape index (κ2) is 6.21. The Morgan fingerprint density at radius 1 is 1.40 bits per heavy atom. The van der Waals surface area contributed by atoms with Gasteiger partial charge in [0.1, 0.15) is 11.9 Å². The molecule has 0 aliphatic carbocycles. The summed E-state index contributed by atoms with van der Waals surface area (Å²) in [5.74, 6) is 0.714. The molecule has 1 aromatic rings. The van der Waals surface area contributed by atoms with Crippen LogP contribution in [0.3, 0.4) is 0 Å². The highest BCUT2D eigenvalue weighted by Crippen LogP contribution is 2.18. The number of rotatable bonds is 3. The van der Waals surface area contributed by atoms with Crippen molar-refractivity contribution in [3.05, 3.63) is 22.9 Å². The van der Waals surface area contributed by atoms with Crippen molar-refractivity contribution in [1.29, 1.82) is 5.26 Å². The minimum absolute atomic E-state index is 0.447. The molecule has 0 spiro atoms. The van der Waals surface area contributed by atoms with Crippen molar-refractivity contribution in [2.24, 2.45) is 0 Å². The van der Waals surface area contributed by atoms with Crippen LogP contribution in [0.4, 0.5) is 5.82 Å². The van der Waals surface area contributed by atoms with E-state index in [1.807, 2.05) is 19.9 Å². The lowest BCUT2D eigenvalue weighted by molar-refractivity contribution is 0.122. The van der Waals surface area contributed by atoms with Gasteiger partial charge in [0.25, 0.3) is 0 Å². The van der Waals surface area contributed by atoms with Crippen LogP contribution in [0.25, 0.3) is 0 Å². The second-order valence-electron chi connectivity index (χ2n) is 5.69. The fourth-order valence-electron chi connectivity index (χ4n) is 2.64. The third kappa shape index (κ3) is 3.27. The van der Waals surface area contributed by atoms with Crippen LogP contribution in [-0.4, -0.2) is 61.1 Å². The monoisotopic (exact) mass is 273 g/mol. The third-order valence-electron chi connectivity index (χ3n) is 3.94. The number of anilines is 1. The molecule has 108 valence electrons. The van der Waals surface area contributed by atoms with Crippen molar-refractivity contribution in [3.8, 4) is 6.07 Å². The summed E-state index contributed by atoms with van der Waals surface area (Å²) in [4.78, 5) is 9.17. The number of nitrogens with zero attached hydrogens (tertiary/aromatic N) is 4. The molecule has 0 bridgehead atoms. The van der Waals surface area contributed by atoms with Gasteiger partial charge in [0.2, 0.25) is 0 Å². The largest absolute Gasteiger partial charge is 0.367 e. The smallest absolute Gasteiger partial charge is 0.144 e. The van der Waals surface area contributed by atoms with Crippen LogP contribution in [0.1, 0.15) is 16.8 Å². The molecule has 0 aromatic carbocycles. The average Bonchev–Trinajstić information content (AvgIpc) is 2.39. The van der Waals surface area contributed by atoms with Gasteiger partial charge in [-0.05, 0) is 39.6 Å². The van der Waals surface area contributed by atoms with E-state index in [9.17, 15) is 5.26 Å². The summed E-state index contributed by atoms with van der Waals surface area (Å²) < 4.78 is 0. The molecular formula is C15H23N5. The zero-order chi connectivity index (χ0) is 14.7. The summed E-state index contributed by atoms with van der Waals surface area (Å²) in [6, 6.07) is 4.65. The van der Waals surface area contributed by atoms with Crippen LogP contribution in [-0.2, 0) is 0 Å². The number of hydrogen-bond donors (Lipinski definition) is 1. The molecule has 0 unspecified atom stereocenters. The molecule has 1 aliphatic rings. The summed E-state index contributed by atoms with van der Waals surface area (Å²) in [6.45, 7) is 7.95. The van der Waals surface area contributed by atoms with Gasteiger partial charge in [-0.25, -0.2) is 4.98 Å². The summed E-state index contributed by atoms with van der Waals surface area (Å²) in [7, 11) is 4.30. The summed E-state index contributed by atoms with van der Waals surface area (Å²) in [6.07, 6.45) is 0. The Kier molecular flexibility index (Phi) is 4.58. The number of aromatic nitrogens is 1. The molecular weight excluding hydrogens is 250 g/mol. The van der Waals surface area contributed by atoms with E-state index in [0.717, 1.165) is 37.4 Å². The molecule has 1 saturated heterocycles. The molecule has 5 heteroatoms. The highest BCUT2D eigenvalue weighted by Gasteiger charge is 2.22. The lowest BCUT2D eigenvalue weighted by Crippen LogP contribution is -2.52. The van der Waals surface area contributed by atoms with Crippen LogP contribution in [0.5, 0.6) is 0 Å². The first-order valence-electron chi connectivity index (χ1n) is 7.02. The van der Waals surface area contributed by atoms with Gasteiger partial charge in [0.05, 0.1) is 5.56 Å². The second-order valence-corrected chi connectivity index (χ2v) is 5.69. The lowest BCUT2D eigenvalue weighted by atomic mass is 10.1. The molecule has 0 saturated carbocycles. The molecule has 1 N–H and O–H groups in total. The van der Waals surface area contributed by atoms with Gasteiger partial charge in [-0.15, -0.1) is 0 Å². The van der Waals surface area contributed by atoms with Crippen LogP contribution in [0.15, 0.2) is 6.07 Å². The number of pyridine rings is 1. The van der Waals surface area contributed by atoms with Crippen LogP contribution < -0.4 is 5.32 Å². The quantitative estimate of drug-likeness (QED) is 0.897. The Labute approximate surface area is 121 Å². The van der Waals surface area contributed by atoms with Crippen molar-refractivity contribution in [3.63, 3.8) is 0 Å². The zero-order valence-electron chi connectivity index (χ0n) is 12.8. The lowest BCUT2D eigenvalue weighted by Gasteiger charge is -2.37. The fraction of sp³-hybridized carbons (Fsp3) is 0.600. The SMILES string of the molecule is Cc1cc(C)c(C#N)c(NC[C@H]2CN(C)CCN2C)n1. The molecule has 0 amide bonds. The van der Waals surface area contributed by atoms with Crippen molar-refractivity contribution in [2.75, 3.05) is 45.6 Å². The number of nitriles is 1. The molecule has 1 atom stereocenters. The summed E-state index contributed by atoms with van der Waals surface area (Å²) >= 11 is 0. The maximum atomic E-state index is 9.27. The molecule has 5 nitrogen and oxygen atoms in total. The minimum Gasteiger partial charge on any atom is -0.367 e. The Bertz CT molecular complexity index is 520. The van der Waals surface area contributed by atoms with Gasteiger partial charge < -0.3 is 10.2 Å². The van der Waals surface area contributed by atoms with E-state index in [1.54, 1.807) is 0 Å². The first-order chi connectivity index (χ1) is 9.51. The normalized spacial score (nSPS) is 20.6. The van der Waals surface area contributed by atoms with E-state index < -0.39 is 0 Å². The van der Waals surface area contributed by atoms with Crippen LogP contribution >= 0.6 is 0 Å². The third-order valence-corrected chi connectivity index (χ3v) is 3.94. The summed E-state index contributed by atoms with van der Waals surface area (Å²) in [5, 5.41) is 12.6. The van der Waals surface area contributed by atoms with E-state index in [-0.39, 0.29) is 0 Å². The van der Waals surface area contributed by atoms with Gasteiger partial charge >= 0.3 is 0 Å². The highest BCUT2D eigenvalue weighted by molar-refractivity contribution is 5.56. The number of piperazine rings is 1. The average molecular weight is 273 g/mol. The molecule has 1 fully saturated rings. The number of hydrogen-bond acceptors (Lipinski definition) is 5. The fourth-order valence-corrected chi connectivity index (χ4v) is 2.64. The minimum atomic E-state index is 0.447. The van der Waals surface area contributed by atoms with Crippen molar-refractivity contribution < 1.29 is 0 Å². The van der Waals surface area contributed by atoms with Crippen molar-refractivity contribution in [1.82, 2.24) is 14.8 Å². The maximum absolute atomic E-state index is 9.27. The standard InChI is InChI=1S/C15H23N5/c1-11-7-12(2)18-15(14(11)8-16)17-9-13-10-19(3)5-6-20(13)4/h7,13H,5-6,9-10H2,1-4H3,(H,17,18)/t13-/m0/s1. The highest BCUT2D eigenvalue weighted by atomic mass is 15.3. The van der Waals surface area contributed by atoms with Gasteiger partial charge in [0, 0.05) is 37.9 Å². The Morgan fingerprint density at radius 3 is 2.85 bits per heavy atom. The van der Waals surface area contributed by atoms with Gasteiger partial charge in [-0.3, -0.25) is 4.90 Å². The van der Waals surface area contributed by atoms with E-state index in [4.69, 9.17) is 0 Å². The molecule has 20 heavy (non-hydrogen) atoms. The van der Waals surface area contributed by atoms with E-state index in [1.165, 1.54) is 0 Å². The number of aryl methyl sites for hydroxylation is 2. The van der Waals surface area contributed by atoms with Gasteiger partial charge in [-0.2, -0.15) is 5.26 Å². The van der Waals surface area contributed by atoms with E-state index in [0.29, 0.717) is 17.4 Å². The van der Waals surface area contributed by atoms with E-state index in [2.05, 4.69) is 40.3 Å². The molecule has 1 aromatic heterocycles. The van der Waals surface area contributed by atoms with Gasteiger partial charge in [0.15, 0.2) is 0 Å². The topological polar surface area (TPSA) is 55.2 Å². The number of likely N-dealkylation sites (N-methyl/N-ethyl adjacent to an activating group) is 2. The predicted octanol–water partition coefficient (Wildman–Crippen LogP) is 1.23.